The number of rotatable bonds is 14. The number of ether oxygens (including phenoxy) is 5. The molecule has 4 rings (SSSR count). The van der Waals surface area contributed by atoms with Crippen molar-refractivity contribution in [3.63, 3.8) is 0 Å². The number of amides is 1. The fourth-order valence-corrected chi connectivity index (χ4v) is 5.00. The third-order valence-corrected chi connectivity index (χ3v) is 6.99. The SMILES string of the molecule is CCOc1ccc(CCNC(=O)C[C@H](c2cc(OC)c(OC)c(OC)c2)c2c(O)c3ccccc3oc2=O)cc1OCC. The molecule has 0 spiro atoms. The van der Waals surface area contributed by atoms with E-state index in [2.05, 4.69) is 5.32 Å². The minimum absolute atomic E-state index is 0.0454. The lowest BCUT2D eigenvalue weighted by Gasteiger charge is -2.21. The van der Waals surface area contributed by atoms with Gasteiger partial charge in [-0.25, -0.2) is 4.79 Å². The van der Waals surface area contributed by atoms with Crippen LogP contribution >= 0.6 is 0 Å². The average molecular weight is 592 g/mol. The van der Waals surface area contributed by atoms with Gasteiger partial charge in [0.15, 0.2) is 23.0 Å². The molecule has 0 saturated carbocycles. The van der Waals surface area contributed by atoms with E-state index in [0.29, 0.717) is 65.9 Å². The van der Waals surface area contributed by atoms with Crippen molar-refractivity contribution >= 4 is 16.9 Å². The molecule has 0 unspecified atom stereocenters. The van der Waals surface area contributed by atoms with Crippen LogP contribution in [0.3, 0.4) is 0 Å². The number of aromatic hydroxyl groups is 1. The van der Waals surface area contributed by atoms with Crippen molar-refractivity contribution in [3.8, 4) is 34.5 Å². The maximum atomic E-state index is 13.4. The van der Waals surface area contributed by atoms with Crippen LogP contribution < -0.4 is 34.6 Å². The van der Waals surface area contributed by atoms with Crippen LogP contribution in [0.1, 0.15) is 42.9 Å². The van der Waals surface area contributed by atoms with Crippen LogP contribution in [0.2, 0.25) is 0 Å². The van der Waals surface area contributed by atoms with Crippen molar-refractivity contribution < 1.29 is 38.0 Å². The minimum atomic E-state index is -0.899. The van der Waals surface area contributed by atoms with Crippen LogP contribution in [0, 0.1) is 0 Å². The van der Waals surface area contributed by atoms with E-state index in [-0.39, 0.29) is 29.2 Å². The van der Waals surface area contributed by atoms with Gasteiger partial charge in [0, 0.05) is 18.9 Å². The lowest BCUT2D eigenvalue weighted by molar-refractivity contribution is -0.121. The first-order valence-corrected chi connectivity index (χ1v) is 14.0. The first kappa shape index (κ1) is 31.1. The summed E-state index contributed by atoms with van der Waals surface area (Å²) in [7, 11) is 4.43. The van der Waals surface area contributed by atoms with E-state index in [1.807, 2.05) is 32.0 Å². The molecule has 0 saturated heterocycles. The number of para-hydroxylation sites is 1. The van der Waals surface area contributed by atoms with Crippen molar-refractivity contribution in [2.24, 2.45) is 0 Å². The first-order chi connectivity index (χ1) is 20.8. The highest BCUT2D eigenvalue weighted by atomic mass is 16.5. The summed E-state index contributed by atoms with van der Waals surface area (Å²) in [5.41, 5.74) is 0.900. The molecule has 10 heteroatoms. The Balaban J connectivity index is 1.65. The Kier molecular flexibility index (Phi) is 10.4. The van der Waals surface area contributed by atoms with Gasteiger partial charge in [0.05, 0.1) is 45.5 Å². The molecule has 43 heavy (non-hydrogen) atoms. The molecule has 1 heterocycles. The monoisotopic (exact) mass is 591 g/mol. The smallest absolute Gasteiger partial charge is 0.343 e. The molecule has 1 amide bonds. The molecule has 1 aromatic heterocycles. The molecule has 0 aliphatic carbocycles. The summed E-state index contributed by atoms with van der Waals surface area (Å²) >= 11 is 0. The molecular weight excluding hydrogens is 554 g/mol. The Hall–Kier alpha value is -4.86. The Labute approximate surface area is 250 Å². The Morgan fingerprint density at radius 1 is 0.884 bits per heavy atom. The summed E-state index contributed by atoms with van der Waals surface area (Å²) in [6.07, 6.45) is 0.374. The molecule has 0 fully saturated rings. The molecule has 0 aliphatic rings. The molecule has 228 valence electrons. The van der Waals surface area contributed by atoms with Gasteiger partial charge in [0.2, 0.25) is 11.7 Å². The number of carbonyl (C=O) groups is 1. The van der Waals surface area contributed by atoms with Crippen LogP contribution in [0.15, 0.2) is 63.8 Å². The number of benzene rings is 3. The Morgan fingerprint density at radius 2 is 1.56 bits per heavy atom. The van der Waals surface area contributed by atoms with E-state index in [1.165, 1.54) is 21.3 Å². The molecule has 3 aromatic carbocycles. The van der Waals surface area contributed by atoms with Gasteiger partial charge in [0.25, 0.3) is 0 Å². The van der Waals surface area contributed by atoms with Crippen LogP contribution in [-0.2, 0) is 11.2 Å². The second kappa shape index (κ2) is 14.4. The summed E-state index contributed by atoms with van der Waals surface area (Å²) in [6.45, 7) is 5.16. The average Bonchev–Trinajstić information content (AvgIpc) is 3.01. The fourth-order valence-electron chi connectivity index (χ4n) is 5.00. The molecule has 1 atom stereocenters. The van der Waals surface area contributed by atoms with Crippen molar-refractivity contribution in [1.29, 1.82) is 0 Å². The molecule has 10 nitrogen and oxygen atoms in total. The zero-order chi connectivity index (χ0) is 30.9. The number of nitrogens with one attached hydrogen (secondary N) is 1. The predicted molar refractivity (Wildman–Crippen MR) is 162 cm³/mol. The van der Waals surface area contributed by atoms with Gasteiger partial charge >= 0.3 is 5.63 Å². The van der Waals surface area contributed by atoms with E-state index in [9.17, 15) is 14.7 Å². The number of methoxy groups -OCH3 is 3. The van der Waals surface area contributed by atoms with E-state index in [1.54, 1.807) is 36.4 Å². The lowest BCUT2D eigenvalue weighted by Crippen LogP contribution is -2.28. The standard InChI is InChI=1S/C33H37NO9/c1-6-41-25-13-12-20(16-26(25)42-7-2)14-15-34-29(35)19-23(21-17-27(38-3)32(40-5)28(18-21)39-4)30-31(36)22-10-8-9-11-24(22)43-33(30)37/h8-13,16-18,23,36H,6-7,14-15,19H2,1-5H3,(H,34,35)/t23-/m1/s1. The first-order valence-electron chi connectivity index (χ1n) is 14.0. The summed E-state index contributed by atoms with van der Waals surface area (Å²) in [5.74, 6) is 0.865. The van der Waals surface area contributed by atoms with Crippen LogP contribution in [-0.4, -0.2) is 52.1 Å². The number of fused-ring (bicyclic) bond motifs is 1. The summed E-state index contributed by atoms with van der Waals surface area (Å²) in [6, 6.07) is 15.7. The largest absolute Gasteiger partial charge is 0.507 e. The number of carbonyl (C=O) groups excluding carboxylic acids is 1. The number of hydrogen-bond donors (Lipinski definition) is 2. The maximum Gasteiger partial charge on any atom is 0.343 e. The molecule has 0 radical (unpaired) electrons. The number of hydrogen-bond acceptors (Lipinski definition) is 9. The second-order valence-corrected chi connectivity index (χ2v) is 9.61. The molecular formula is C33H37NO9. The highest BCUT2D eigenvalue weighted by Crippen LogP contribution is 2.43. The zero-order valence-corrected chi connectivity index (χ0v) is 25.0. The fraction of sp³-hybridized carbons (Fsp3) is 0.333. The maximum absolute atomic E-state index is 13.4. The molecule has 4 aromatic rings. The topological polar surface area (TPSA) is 126 Å². The van der Waals surface area contributed by atoms with E-state index in [0.717, 1.165) is 5.56 Å². The van der Waals surface area contributed by atoms with Crippen LogP contribution in [0.5, 0.6) is 34.5 Å². The summed E-state index contributed by atoms with van der Waals surface area (Å²) in [5, 5.41) is 14.6. The van der Waals surface area contributed by atoms with Crippen molar-refractivity contribution in [2.75, 3.05) is 41.1 Å². The molecule has 0 aliphatic heterocycles. The molecule has 0 bridgehead atoms. The van der Waals surface area contributed by atoms with Gasteiger partial charge in [-0.2, -0.15) is 0 Å². The lowest BCUT2D eigenvalue weighted by atomic mass is 9.87. The normalized spacial score (nSPS) is 11.6. The van der Waals surface area contributed by atoms with Crippen LogP contribution in [0.25, 0.3) is 11.0 Å². The van der Waals surface area contributed by atoms with E-state index >= 15 is 0 Å². The highest BCUT2D eigenvalue weighted by molar-refractivity contribution is 5.85. The Morgan fingerprint density at radius 3 is 2.21 bits per heavy atom. The predicted octanol–water partition coefficient (Wildman–Crippen LogP) is 5.20. The van der Waals surface area contributed by atoms with Gasteiger partial charge in [-0.15, -0.1) is 0 Å². The zero-order valence-electron chi connectivity index (χ0n) is 25.0. The Bertz CT molecular complexity index is 1600. The van der Waals surface area contributed by atoms with Gasteiger partial charge < -0.3 is 38.5 Å². The summed E-state index contributed by atoms with van der Waals surface area (Å²) < 4.78 is 33.4. The van der Waals surface area contributed by atoms with Gasteiger partial charge in [-0.3, -0.25) is 4.79 Å². The van der Waals surface area contributed by atoms with E-state index < -0.39 is 11.5 Å². The minimum Gasteiger partial charge on any atom is -0.507 e. The quantitative estimate of drug-likeness (QED) is 0.190. The second-order valence-electron chi connectivity index (χ2n) is 9.61. The molecule has 2 N–H and O–H groups in total. The van der Waals surface area contributed by atoms with E-state index in [4.69, 9.17) is 28.1 Å². The van der Waals surface area contributed by atoms with Gasteiger partial charge in [-0.05, 0) is 67.8 Å². The van der Waals surface area contributed by atoms with Crippen molar-refractivity contribution in [2.45, 2.75) is 32.6 Å². The third kappa shape index (κ3) is 6.97. The third-order valence-electron chi connectivity index (χ3n) is 6.99. The van der Waals surface area contributed by atoms with Crippen molar-refractivity contribution in [1.82, 2.24) is 5.32 Å². The van der Waals surface area contributed by atoms with Crippen LogP contribution in [0.4, 0.5) is 0 Å². The van der Waals surface area contributed by atoms with Gasteiger partial charge in [0.1, 0.15) is 11.3 Å². The van der Waals surface area contributed by atoms with Gasteiger partial charge in [-0.1, -0.05) is 18.2 Å². The van der Waals surface area contributed by atoms with Crippen molar-refractivity contribution in [3.05, 3.63) is 81.7 Å². The highest BCUT2D eigenvalue weighted by Gasteiger charge is 2.29. The summed E-state index contributed by atoms with van der Waals surface area (Å²) in [4.78, 5) is 26.6.